The van der Waals surface area contributed by atoms with Gasteiger partial charge in [-0.2, -0.15) is 0 Å². The zero-order valence-corrected chi connectivity index (χ0v) is 12.3. The molecule has 3 unspecified atom stereocenters. The van der Waals surface area contributed by atoms with E-state index in [4.69, 9.17) is 10.5 Å². The molecule has 112 valence electrons. The Labute approximate surface area is 124 Å². The molecule has 1 amide bonds. The Hall–Kier alpha value is -2.14. The molecule has 1 saturated heterocycles. The number of benzene rings is 1. The molecule has 0 aliphatic carbocycles. The zero-order valence-electron chi connectivity index (χ0n) is 12.3. The van der Waals surface area contributed by atoms with Gasteiger partial charge in [-0.3, -0.25) is 9.79 Å². The summed E-state index contributed by atoms with van der Waals surface area (Å²) in [6, 6.07) is 9.84. The second-order valence-corrected chi connectivity index (χ2v) is 5.12. The van der Waals surface area contributed by atoms with Gasteiger partial charge in [0.25, 0.3) is 0 Å². The van der Waals surface area contributed by atoms with Crippen molar-refractivity contribution in [2.24, 2.45) is 10.7 Å². The van der Waals surface area contributed by atoms with Crippen molar-refractivity contribution in [2.45, 2.75) is 38.6 Å². The molecule has 0 saturated carbocycles. The summed E-state index contributed by atoms with van der Waals surface area (Å²) < 4.78 is 5.72. The highest BCUT2D eigenvalue weighted by Gasteiger charge is 2.32. The van der Waals surface area contributed by atoms with E-state index in [2.05, 4.69) is 10.3 Å². The molecule has 5 heteroatoms. The third-order valence-electron chi connectivity index (χ3n) is 3.42. The SMILES string of the molecule is CC1OC(C(C=NCc2ccccc2)=CN)C(C)NC1=O. The maximum Gasteiger partial charge on any atom is 0.249 e. The third-order valence-corrected chi connectivity index (χ3v) is 3.42. The lowest BCUT2D eigenvalue weighted by molar-refractivity contribution is -0.143. The van der Waals surface area contributed by atoms with E-state index in [1.54, 1.807) is 13.1 Å². The minimum absolute atomic E-state index is 0.101. The smallest absolute Gasteiger partial charge is 0.249 e. The summed E-state index contributed by atoms with van der Waals surface area (Å²) in [6.07, 6.45) is 2.45. The highest BCUT2D eigenvalue weighted by atomic mass is 16.5. The van der Waals surface area contributed by atoms with Crippen LogP contribution in [0.3, 0.4) is 0 Å². The zero-order chi connectivity index (χ0) is 15.2. The normalized spacial score (nSPS) is 26.9. The average molecular weight is 287 g/mol. The lowest BCUT2D eigenvalue weighted by atomic mass is 10.0. The van der Waals surface area contributed by atoms with E-state index < -0.39 is 6.10 Å². The van der Waals surface area contributed by atoms with Gasteiger partial charge in [-0.15, -0.1) is 0 Å². The van der Waals surface area contributed by atoms with Crippen molar-refractivity contribution in [3.63, 3.8) is 0 Å². The van der Waals surface area contributed by atoms with Gasteiger partial charge in [-0.05, 0) is 19.4 Å². The van der Waals surface area contributed by atoms with Gasteiger partial charge in [0.15, 0.2) is 0 Å². The number of carbonyl (C=O) groups excluding carboxylic acids is 1. The number of hydrogen-bond donors (Lipinski definition) is 2. The summed E-state index contributed by atoms with van der Waals surface area (Å²) >= 11 is 0. The average Bonchev–Trinajstić information content (AvgIpc) is 2.49. The molecule has 0 aromatic heterocycles. The van der Waals surface area contributed by atoms with Gasteiger partial charge >= 0.3 is 0 Å². The summed E-state index contributed by atoms with van der Waals surface area (Å²) in [5, 5.41) is 2.88. The van der Waals surface area contributed by atoms with Crippen LogP contribution in [0, 0.1) is 0 Å². The summed E-state index contributed by atoms with van der Waals surface area (Å²) in [5.74, 6) is -0.101. The Balaban J connectivity index is 2.01. The second kappa shape index (κ2) is 7.04. The highest BCUT2D eigenvalue weighted by molar-refractivity contribution is 5.84. The van der Waals surface area contributed by atoms with Crippen molar-refractivity contribution in [1.29, 1.82) is 0 Å². The Morgan fingerprint density at radius 1 is 1.38 bits per heavy atom. The molecule has 1 heterocycles. The minimum atomic E-state index is -0.483. The Morgan fingerprint density at radius 2 is 2.10 bits per heavy atom. The van der Waals surface area contributed by atoms with Crippen LogP contribution >= 0.6 is 0 Å². The van der Waals surface area contributed by atoms with Gasteiger partial charge in [-0.1, -0.05) is 30.3 Å². The van der Waals surface area contributed by atoms with Crippen molar-refractivity contribution in [1.82, 2.24) is 5.32 Å². The molecule has 0 spiro atoms. The van der Waals surface area contributed by atoms with Crippen LogP contribution in [0.1, 0.15) is 19.4 Å². The number of nitrogens with two attached hydrogens (primary N) is 1. The lowest BCUT2D eigenvalue weighted by Gasteiger charge is -2.34. The predicted molar refractivity (Wildman–Crippen MR) is 82.8 cm³/mol. The molecule has 1 aromatic rings. The number of ether oxygens (including phenoxy) is 1. The molecule has 2 rings (SSSR count). The van der Waals surface area contributed by atoms with Gasteiger partial charge in [-0.25, -0.2) is 0 Å². The Bertz CT molecular complexity index is 540. The third kappa shape index (κ3) is 3.92. The first-order valence-corrected chi connectivity index (χ1v) is 7.03. The molecule has 3 N–H and O–H groups in total. The summed E-state index contributed by atoms with van der Waals surface area (Å²) in [6.45, 7) is 4.20. The van der Waals surface area contributed by atoms with Crippen molar-refractivity contribution in [3.8, 4) is 0 Å². The standard InChI is InChI=1S/C16H21N3O2/c1-11-15(21-12(2)16(20)19-11)14(8-17)10-18-9-13-6-4-3-5-7-13/h3-8,10-12,15H,9,17H2,1-2H3,(H,19,20). The number of aliphatic imine (C=N–C) groups is 1. The van der Waals surface area contributed by atoms with Crippen LogP contribution in [0.2, 0.25) is 0 Å². The topological polar surface area (TPSA) is 76.7 Å². The fourth-order valence-electron chi connectivity index (χ4n) is 2.24. The van der Waals surface area contributed by atoms with Crippen molar-refractivity contribution in [2.75, 3.05) is 0 Å². The van der Waals surface area contributed by atoms with Crippen LogP contribution in [0.4, 0.5) is 0 Å². The van der Waals surface area contributed by atoms with Crippen LogP contribution in [-0.2, 0) is 16.1 Å². The number of carbonyl (C=O) groups is 1. The van der Waals surface area contributed by atoms with Gasteiger partial charge in [0.1, 0.15) is 12.2 Å². The minimum Gasteiger partial charge on any atom is -0.404 e. The summed E-state index contributed by atoms with van der Waals surface area (Å²) in [7, 11) is 0. The van der Waals surface area contributed by atoms with E-state index in [0.29, 0.717) is 6.54 Å². The molecular formula is C16H21N3O2. The molecule has 1 aliphatic rings. The fraction of sp³-hybridized carbons (Fsp3) is 0.375. The number of hydrogen-bond acceptors (Lipinski definition) is 4. The van der Waals surface area contributed by atoms with Crippen LogP contribution in [0.15, 0.2) is 47.1 Å². The van der Waals surface area contributed by atoms with Gasteiger partial charge < -0.3 is 15.8 Å². The molecule has 1 aliphatic heterocycles. The van der Waals surface area contributed by atoms with E-state index in [9.17, 15) is 4.79 Å². The van der Waals surface area contributed by atoms with E-state index in [0.717, 1.165) is 11.1 Å². The molecule has 5 nitrogen and oxygen atoms in total. The second-order valence-electron chi connectivity index (χ2n) is 5.12. The number of nitrogens with zero attached hydrogens (tertiary/aromatic N) is 1. The van der Waals surface area contributed by atoms with Crippen molar-refractivity contribution < 1.29 is 9.53 Å². The van der Waals surface area contributed by atoms with E-state index in [1.807, 2.05) is 37.3 Å². The molecule has 0 bridgehead atoms. The molecule has 1 aromatic carbocycles. The van der Waals surface area contributed by atoms with Gasteiger partial charge in [0.05, 0.1) is 12.6 Å². The summed E-state index contributed by atoms with van der Waals surface area (Å²) in [5.41, 5.74) is 7.58. The van der Waals surface area contributed by atoms with E-state index in [1.165, 1.54) is 6.20 Å². The van der Waals surface area contributed by atoms with Gasteiger partial charge in [0, 0.05) is 18.0 Å². The number of nitrogens with one attached hydrogen (secondary N) is 1. The first-order valence-electron chi connectivity index (χ1n) is 7.03. The predicted octanol–water partition coefficient (Wildman–Crippen LogP) is 1.39. The number of morpholine rings is 1. The first-order chi connectivity index (χ1) is 10.1. The molecule has 3 atom stereocenters. The largest absolute Gasteiger partial charge is 0.404 e. The maximum atomic E-state index is 11.5. The maximum absolute atomic E-state index is 11.5. The van der Waals surface area contributed by atoms with E-state index >= 15 is 0 Å². The Kier molecular flexibility index (Phi) is 5.11. The summed E-state index contributed by atoms with van der Waals surface area (Å²) in [4.78, 5) is 15.9. The van der Waals surface area contributed by atoms with Crippen LogP contribution in [-0.4, -0.2) is 30.4 Å². The molecular weight excluding hydrogens is 266 g/mol. The van der Waals surface area contributed by atoms with Crippen LogP contribution < -0.4 is 11.1 Å². The van der Waals surface area contributed by atoms with Gasteiger partial charge in [0.2, 0.25) is 5.91 Å². The first kappa shape index (κ1) is 15.3. The van der Waals surface area contributed by atoms with Crippen molar-refractivity contribution in [3.05, 3.63) is 47.7 Å². The fourth-order valence-corrected chi connectivity index (χ4v) is 2.24. The number of amides is 1. The van der Waals surface area contributed by atoms with Crippen LogP contribution in [0.5, 0.6) is 0 Å². The molecule has 0 radical (unpaired) electrons. The Morgan fingerprint density at radius 3 is 2.76 bits per heavy atom. The molecule has 21 heavy (non-hydrogen) atoms. The van der Waals surface area contributed by atoms with Crippen LogP contribution in [0.25, 0.3) is 0 Å². The molecule has 1 fully saturated rings. The lowest BCUT2D eigenvalue weighted by Crippen LogP contribution is -2.54. The highest BCUT2D eigenvalue weighted by Crippen LogP contribution is 2.17. The van der Waals surface area contributed by atoms with Crippen molar-refractivity contribution >= 4 is 12.1 Å². The number of rotatable bonds is 4. The monoisotopic (exact) mass is 287 g/mol. The quantitative estimate of drug-likeness (QED) is 0.822. The van der Waals surface area contributed by atoms with E-state index in [-0.39, 0.29) is 18.1 Å².